The zero-order valence-electron chi connectivity index (χ0n) is 14.2. The largest absolute Gasteiger partial charge is 0.357 e. The van der Waals surface area contributed by atoms with Crippen LogP contribution in [0.2, 0.25) is 0 Å². The number of nitrogens with one attached hydrogen (secondary N) is 3. The zero-order chi connectivity index (χ0) is 16.7. The van der Waals surface area contributed by atoms with Gasteiger partial charge in [0.15, 0.2) is 5.96 Å². The molecule has 1 saturated carbocycles. The molecule has 0 bridgehead atoms. The number of rotatable bonds is 7. The predicted molar refractivity (Wildman–Crippen MR) is 105 cm³/mol. The van der Waals surface area contributed by atoms with Crippen molar-refractivity contribution in [1.82, 2.24) is 16.0 Å². The first-order valence-corrected chi connectivity index (χ1v) is 8.15. The van der Waals surface area contributed by atoms with Gasteiger partial charge in [0.1, 0.15) is 5.82 Å². The lowest BCUT2D eigenvalue weighted by Gasteiger charge is -2.12. The molecule has 1 fully saturated rings. The molecule has 1 aromatic rings. The summed E-state index contributed by atoms with van der Waals surface area (Å²) in [4.78, 5) is 16.0. The first-order valence-electron chi connectivity index (χ1n) is 8.15. The number of aliphatic imine (C=N–C) groups is 1. The molecule has 0 spiro atoms. The van der Waals surface area contributed by atoms with Crippen molar-refractivity contribution in [3.8, 4) is 0 Å². The van der Waals surface area contributed by atoms with E-state index in [0.29, 0.717) is 31.2 Å². The molecular formula is C17H26FIN4O. The number of benzene rings is 1. The number of guanidine groups is 1. The van der Waals surface area contributed by atoms with E-state index in [1.165, 1.54) is 6.07 Å². The normalized spacial score (nSPS) is 13.9. The summed E-state index contributed by atoms with van der Waals surface area (Å²) in [5.41, 5.74) is 1.46. The Morgan fingerprint density at radius 3 is 2.58 bits per heavy atom. The van der Waals surface area contributed by atoms with E-state index in [1.807, 2.05) is 13.0 Å². The van der Waals surface area contributed by atoms with Crippen LogP contribution >= 0.6 is 24.0 Å². The van der Waals surface area contributed by atoms with Gasteiger partial charge in [-0.2, -0.15) is 0 Å². The van der Waals surface area contributed by atoms with Gasteiger partial charge in [0.2, 0.25) is 5.91 Å². The van der Waals surface area contributed by atoms with E-state index in [0.717, 1.165) is 24.9 Å². The van der Waals surface area contributed by atoms with Crippen molar-refractivity contribution >= 4 is 35.8 Å². The molecule has 0 radical (unpaired) electrons. The van der Waals surface area contributed by atoms with Crippen LogP contribution in [0.25, 0.3) is 0 Å². The highest BCUT2D eigenvalue weighted by Crippen LogP contribution is 2.28. The highest BCUT2D eigenvalue weighted by molar-refractivity contribution is 14.0. The van der Waals surface area contributed by atoms with Crippen molar-refractivity contribution in [3.05, 3.63) is 35.1 Å². The molecule has 1 aromatic carbocycles. The van der Waals surface area contributed by atoms with Crippen LogP contribution in [-0.2, 0) is 11.3 Å². The van der Waals surface area contributed by atoms with Crippen LogP contribution in [0.1, 0.15) is 30.9 Å². The summed E-state index contributed by atoms with van der Waals surface area (Å²) in [7, 11) is 0. The summed E-state index contributed by atoms with van der Waals surface area (Å²) in [6, 6.07) is 5.15. The van der Waals surface area contributed by atoms with Crippen LogP contribution in [0.4, 0.5) is 4.39 Å². The maximum Gasteiger partial charge on any atom is 0.223 e. The van der Waals surface area contributed by atoms with E-state index < -0.39 is 0 Å². The van der Waals surface area contributed by atoms with E-state index >= 15 is 0 Å². The summed E-state index contributed by atoms with van der Waals surface area (Å²) in [6.45, 7) is 6.04. The maximum absolute atomic E-state index is 13.5. The molecule has 7 heteroatoms. The van der Waals surface area contributed by atoms with Gasteiger partial charge in [0.25, 0.3) is 0 Å². The molecule has 0 atom stereocenters. The minimum absolute atomic E-state index is 0. The van der Waals surface area contributed by atoms with Crippen molar-refractivity contribution in [2.45, 2.75) is 33.2 Å². The van der Waals surface area contributed by atoms with Crippen LogP contribution in [0.5, 0.6) is 0 Å². The Morgan fingerprint density at radius 2 is 1.96 bits per heavy atom. The second-order valence-corrected chi connectivity index (χ2v) is 5.77. The molecule has 1 amide bonds. The topological polar surface area (TPSA) is 65.5 Å². The van der Waals surface area contributed by atoms with E-state index in [-0.39, 0.29) is 41.6 Å². The Kier molecular flexibility index (Phi) is 9.02. The second kappa shape index (κ2) is 10.5. The van der Waals surface area contributed by atoms with Crippen molar-refractivity contribution < 1.29 is 9.18 Å². The molecule has 0 aliphatic heterocycles. The van der Waals surface area contributed by atoms with Crippen molar-refractivity contribution in [3.63, 3.8) is 0 Å². The SMILES string of the molecule is CCNC(=NCc1ccc(C)c(F)c1)NCCNC(=O)C1CC1.I. The highest BCUT2D eigenvalue weighted by Gasteiger charge is 2.28. The molecule has 0 unspecified atom stereocenters. The molecule has 5 nitrogen and oxygen atoms in total. The van der Waals surface area contributed by atoms with Crippen molar-refractivity contribution in [1.29, 1.82) is 0 Å². The number of halogens is 2. The number of aryl methyl sites for hydroxylation is 1. The number of amides is 1. The van der Waals surface area contributed by atoms with Crippen LogP contribution in [-0.4, -0.2) is 31.5 Å². The third kappa shape index (κ3) is 7.02. The fraction of sp³-hybridized carbons (Fsp3) is 0.529. The van der Waals surface area contributed by atoms with Crippen LogP contribution in [0.3, 0.4) is 0 Å². The molecule has 2 rings (SSSR count). The average molecular weight is 448 g/mol. The molecule has 1 aliphatic rings. The third-order valence-corrected chi connectivity index (χ3v) is 3.67. The van der Waals surface area contributed by atoms with E-state index in [2.05, 4.69) is 20.9 Å². The summed E-state index contributed by atoms with van der Waals surface area (Å²) in [5.74, 6) is 0.824. The van der Waals surface area contributed by atoms with Crippen LogP contribution < -0.4 is 16.0 Å². The lowest BCUT2D eigenvalue weighted by molar-refractivity contribution is -0.122. The zero-order valence-corrected chi connectivity index (χ0v) is 16.5. The molecular weight excluding hydrogens is 422 g/mol. The second-order valence-electron chi connectivity index (χ2n) is 5.77. The monoisotopic (exact) mass is 448 g/mol. The smallest absolute Gasteiger partial charge is 0.223 e. The molecule has 134 valence electrons. The maximum atomic E-state index is 13.5. The molecule has 3 N–H and O–H groups in total. The summed E-state index contributed by atoms with van der Waals surface area (Å²) < 4.78 is 13.5. The Labute approximate surface area is 159 Å². The van der Waals surface area contributed by atoms with Gasteiger partial charge in [-0.1, -0.05) is 12.1 Å². The van der Waals surface area contributed by atoms with Gasteiger partial charge >= 0.3 is 0 Å². The summed E-state index contributed by atoms with van der Waals surface area (Å²) >= 11 is 0. The fourth-order valence-corrected chi connectivity index (χ4v) is 2.10. The molecule has 0 aromatic heterocycles. The lowest BCUT2D eigenvalue weighted by atomic mass is 10.1. The standard InChI is InChI=1S/C17H25FN4O.HI/c1-3-19-17(21-9-8-20-16(23)14-6-7-14)22-11-13-5-4-12(2)15(18)10-13;/h4-5,10,14H,3,6-9,11H2,1-2H3,(H,20,23)(H2,19,21,22);1H. The Hall–Kier alpha value is -1.38. The molecule has 0 heterocycles. The van der Waals surface area contributed by atoms with Gasteiger partial charge in [-0.05, 0) is 43.9 Å². The summed E-state index contributed by atoms with van der Waals surface area (Å²) in [6.07, 6.45) is 2.02. The minimum atomic E-state index is -0.210. The number of hydrogen-bond acceptors (Lipinski definition) is 2. The summed E-state index contributed by atoms with van der Waals surface area (Å²) in [5, 5.41) is 9.19. The van der Waals surface area contributed by atoms with E-state index in [9.17, 15) is 9.18 Å². The van der Waals surface area contributed by atoms with Gasteiger partial charge in [-0.25, -0.2) is 9.38 Å². The van der Waals surface area contributed by atoms with E-state index in [1.54, 1.807) is 13.0 Å². The van der Waals surface area contributed by atoms with Crippen LogP contribution in [0, 0.1) is 18.7 Å². The Balaban J connectivity index is 0.00000288. The minimum Gasteiger partial charge on any atom is -0.357 e. The van der Waals surface area contributed by atoms with Gasteiger partial charge in [0.05, 0.1) is 6.54 Å². The Morgan fingerprint density at radius 1 is 1.25 bits per heavy atom. The van der Waals surface area contributed by atoms with Gasteiger partial charge in [-0.15, -0.1) is 24.0 Å². The van der Waals surface area contributed by atoms with E-state index in [4.69, 9.17) is 0 Å². The lowest BCUT2D eigenvalue weighted by Crippen LogP contribution is -2.41. The highest BCUT2D eigenvalue weighted by atomic mass is 127. The van der Waals surface area contributed by atoms with Crippen molar-refractivity contribution in [2.75, 3.05) is 19.6 Å². The number of carbonyl (C=O) groups excluding carboxylic acids is 1. The predicted octanol–water partition coefficient (Wildman–Crippen LogP) is 2.33. The van der Waals surface area contributed by atoms with Gasteiger partial charge in [0, 0.05) is 25.6 Å². The van der Waals surface area contributed by atoms with Gasteiger partial charge < -0.3 is 16.0 Å². The quantitative estimate of drug-likeness (QED) is 0.260. The average Bonchev–Trinajstić information content (AvgIpc) is 3.37. The number of hydrogen-bond donors (Lipinski definition) is 3. The third-order valence-electron chi connectivity index (χ3n) is 3.67. The van der Waals surface area contributed by atoms with Crippen LogP contribution in [0.15, 0.2) is 23.2 Å². The number of nitrogens with zero attached hydrogens (tertiary/aromatic N) is 1. The first-order chi connectivity index (χ1) is 11.1. The van der Waals surface area contributed by atoms with Gasteiger partial charge in [-0.3, -0.25) is 4.79 Å². The molecule has 0 saturated heterocycles. The molecule has 24 heavy (non-hydrogen) atoms. The van der Waals surface area contributed by atoms with Crippen molar-refractivity contribution in [2.24, 2.45) is 10.9 Å². The fourth-order valence-electron chi connectivity index (χ4n) is 2.10. The number of carbonyl (C=O) groups is 1. The molecule has 1 aliphatic carbocycles. The first kappa shape index (κ1) is 20.7. The Bertz CT molecular complexity index is 576.